The number of hydrogen-bond donors (Lipinski definition) is 1. The lowest BCUT2D eigenvalue weighted by Crippen LogP contribution is -2.11. The molecule has 1 aromatic heterocycles. The summed E-state index contributed by atoms with van der Waals surface area (Å²) in [6, 6.07) is 0. The highest BCUT2D eigenvalue weighted by atomic mass is 32.1. The van der Waals surface area contributed by atoms with E-state index in [1.807, 2.05) is 0 Å². The maximum atomic E-state index is 5.27. The van der Waals surface area contributed by atoms with E-state index in [0.717, 1.165) is 11.3 Å². The van der Waals surface area contributed by atoms with Gasteiger partial charge < -0.3 is 4.57 Å². The maximum absolute atomic E-state index is 5.27. The van der Waals surface area contributed by atoms with Gasteiger partial charge in [0.05, 0.1) is 0 Å². The summed E-state index contributed by atoms with van der Waals surface area (Å²) >= 11 is 5.27. The molecule has 0 bridgehead atoms. The number of aromatic amines is 1. The molecule has 1 N–H and O–H groups in total. The number of aromatic nitrogens is 3. The maximum Gasteiger partial charge on any atom is 0.195 e. The van der Waals surface area contributed by atoms with Gasteiger partial charge in [0.15, 0.2) is 4.77 Å². The highest BCUT2D eigenvalue weighted by molar-refractivity contribution is 7.71. The Kier molecular flexibility index (Phi) is 3.24. The summed E-state index contributed by atoms with van der Waals surface area (Å²) in [5.41, 5.74) is 0. The molecular weight excluding hydrogens is 206 g/mol. The smallest absolute Gasteiger partial charge is 0.195 e. The van der Waals surface area contributed by atoms with Crippen LogP contribution in [0.25, 0.3) is 0 Å². The molecule has 0 radical (unpaired) electrons. The van der Waals surface area contributed by atoms with Crippen LogP contribution in [0.3, 0.4) is 0 Å². The van der Waals surface area contributed by atoms with E-state index >= 15 is 0 Å². The Balaban J connectivity index is 2.26. The lowest BCUT2D eigenvalue weighted by atomic mass is 10.1. The molecule has 0 amide bonds. The van der Waals surface area contributed by atoms with Gasteiger partial charge in [-0.05, 0) is 31.0 Å². The Morgan fingerprint density at radius 3 is 2.73 bits per heavy atom. The zero-order valence-corrected chi connectivity index (χ0v) is 10.3. The van der Waals surface area contributed by atoms with Crippen LogP contribution in [0.2, 0.25) is 0 Å². The molecule has 0 aromatic carbocycles. The number of H-pyrrole nitrogens is 1. The highest BCUT2D eigenvalue weighted by Crippen LogP contribution is 2.33. The second-order valence-corrected chi connectivity index (χ2v) is 5.26. The molecule has 0 saturated heterocycles. The molecule has 3 nitrogen and oxygen atoms in total. The number of nitrogens with one attached hydrogen (secondary N) is 1. The van der Waals surface area contributed by atoms with E-state index in [0.29, 0.717) is 11.8 Å². The van der Waals surface area contributed by atoms with Gasteiger partial charge in [0.1, 0.15) is 5.82 Å². The Labute approximate surface area is 95.9 Å². The van der Waals surface area contributed by atoms with E-state index in [1.54, 1.807) is 0 Å². The van der Waals surface area contributed by atoms with Crippen molar-refractivity contribution >= 4 is 12.2 Å². The highest BCUT2D eigenvalue weighted by Gasteiger charge is 2.22. The van der Waals surface area contributed by atoms with Crippen molar-refractivity contribution in [2.45, 2.75) is 52.0 Å². The second kappa shape index (κ2) is 4.47. The van der Waals surface area contributed by atoms with Gasteiger partial charge in [-0.25, -0.2) is 0 Å². The average molecular weight is 225 g/mol. The molecule has 1 fully saturated rings. The van der Waals surface area contributed by atoms with Gasteiger partial charge in [0.25, 0.3) is 0 Å². The Bertz CT molecular complexity index is 371. The van der Waals surface area contributed by atoms with Crippen LogP contribution in [0.4, 0.5) is 0 Å². The van der Waals surface area contributed by atoms with E-state index in [2.05, 4.69) is 28.6 Å². The zero-order chi connectivity index (χ0) is 10.8. The van der Waals surface area contributed by atoms with Crippen molar-refractivity contribution in [2.24, 2.45) is 5.92 Å². The summed E-state index contributed by atoms with van der Waals surface area (Å²) in [5, 5.41) is 7.33. The lowest BCUT2D eigenvalue weighted by Gasteiger charge is -2.13. The fourth-order valence-corrected chi connectivity index (χ4v) is 2.58. The molecule has 0 unspecified atom stereocenters. The molecule has 15 heavy (non-hydrogen) atoms. The van der Waals surface area contributed by atoms with Crippen molar-refractivity contribution in [1.82, 2.24) is 14.8 Å². The van der Waals surface area contributed by atoms with Gasteiger partial charge >= 0.3 is 0 Å². The van der Waals surface area contributed by atoms with Crippen LogP contribution in [0, 0.1) is 10.7 Å². The predicted molar refractivity (Wildman–Crippen MR) is 63.5 cm³/mol. The lowest BCUT2D eigenvalue weighted by molar-refractivity contribution is 0.484. The molecule has 84 valence electrons. The first kappa shape index (κ1) is 10.9. The summed E-state index contributed by atoms with van der Waals surface area (Å²) in [6.45, 7) is 5.42. The summed E-state index contributed by atoms with van der Waals surface area (Å²) in [6.07, 6.45) is 5.23. The van der Waals surface area contributed by atoms with Crippen molar-refractivity contribution in [3.63, 3.8) is 0 Å². The van der Waals surface area contributed by atoms with E-state index in [1.165, 1.54) is 31.5 Å². The summed E-state index contributed by atoms with van der Waals surface area (Å²) in [5.74, 6) is 2.44. The molecule has 1 heterocycles. The van der Waals surface area contributed by atoms with E-state index in [-0.39, 0.29) is 0 Å². The molecule has 1 aliphatic carbocycles. The minimum Gasteiger partial charge on any atom is -0.304 e. The van der Waals surface area contributed by atoms with Crippen LogP contribution in [-0.4, -0.2) is 14.8 Å². The predicted octanol–water partition coefficient (Wildman–Crippen LogP) is 3.25. The first-order chi connectivity index (χ1) is 7.18. The minimum absolute atomic E-state index is 0.620. The molecule has 4 heteroatoms. The third-order valence-electron chi connectivity index (χ3n) is 3.06. The van der Waals surface area contributed by atoms with E-state index < -0.39 is 0 Å². The molecule has 1 aromatic rings. The minimum atomic E-state index is 0.620. The Morgan fingerprint density at radius 1 is 1.47 bits per heavy atom. The molecule has 2 rings (SSSR count). The van der Waals surface area contributed by atoms with Crippen LogP contribution >= 0.6 is 12.2 Å². The van der Waals surface area contributed by atoms with Crippen LogP contribution < -0.4 is 0 Å². The monoisotopic (exact) mass is 225 g/mol. The number of nitrogens with zero attached hydrogens (tertiary/aromatic N) is 2. The fourth-order valence-electron chi connectivity index (χ4n) is 2.37. The van der Waals surface area contributed by atoms with Crippen LogP contribution in [-0.2, 0) is 6.54 Å². The van der Waals surface area contributed by atoms with Gasteiger partial charge in [-0.1, -0.05) is 26.7 Å². The van der Waals surface area contributed by atoms with Gasteiger partial charge in [-0.2, -0.15) is 5.10 Å². The van der Waals surface area contributed by atoms with Crippen molar-refractivity contribution in [1.29, 1.82) is 0 Å². The van der Waals surface area contributed by atoms with E-state index in [9.17, 15) is 0 Å². The standard InChI is InChI=1S/C11H19N3S/c1-8(2)7-14-10(12-13-11(14)15)9-5-3-4-6-9/h8-9H,3-7H2,1-2H3,(H,13,15). The van der Waals surface area contributed by atoms with Crippen molar-refractivity contribution < 1.29 is 0 Å². The fraction of sp³-hybridized carbons (Fsp3) is 0.818. The normalized spacial score (nSPS) is 17.8. The van der Waals surface area contributed by atoms with Gasteiger partial charge in [-0.3, -0.25) is 5.10 Å². The molecule has 1 aliphatic rings. The Hall–Kier alpha value is -0.640. The molecular formula is C11H19N3S. The Morgan fingerprint density at radius 2 is 2.13 bits per heavy atom. The van der Waals surface area contributed by atoms with Crippen molar-refractivity contribution in [3.8, 4) is 0 Å². The van der Waals surface area contributed by atoms with Gasteiger partial charge in [0.2, 0.25) is 0 Å². The van der Waals surface area contributed by atoms with Crippen LogP contribution in [0.1, 0.15) is 51.3 Å². The third-order valence-corrected chi connectivity index (χ3v) is 3.37. The molecule has 0 atom stereocenters. The van der Waals surface area contributed by atoms with Crippen molar-refractivity contribution in [2.75, 3.05) is 0 Å². The molecule has 1 saturated carbocycles. The quantitative estimate of drug-likeness (QED) is 0.801. The first-order valence-electron chi connectivity index (χ1n) is 5.83. The summed E-state index contributed by atoms with van der Waals surface area (Å²) in [7, 11) is 0. The van der Waals surface area contributed by atoms with Gasteiger partial charge in [-0.15, -0.1) is 0 Å². The zero-order valence-electron chi connectivity index (χ0n) is 9.49. The SMILES string of the molecule is CC(C)Cn1c(C2CCCC2)n[nH]c1=S. The third kappa shape index (κ3) is 2.30. The average Bonchev–Trinajstić information content (AvgIpc) is 2.76. The number of rotatable bonds is 3. The summed E-state index contributed by atoms with van der Waals surface area (Å²) < 4.78 is 2.97. The van der Waals surface area contributed by atoms with Crippen LogP contribution in [0.5, 0.6) is 0 Å². The molecule has 0 spiro atoms. The summed E-state index contributed by atoms with van der Waals surface area (Å²) in [4.78, 5) is 0. The van der Waals surface area contributed by atoms with Crippen molar-refractivity contribution in [3.05, 3.63) is 10.6 Å². The van der Waals surface area contributed by atoms with Gasteiger partial charge in [0, 0.05) is 12.5 Å². The number of hydrogen-bond acceptors (Lipinski definition) is 2. The second-order valence-electron chi connectivity index (χ2n) is 4.87. The topological polar surface area (TPSA) is 33.6 Å². The first-order valence-corrected chi connectivity index (χ1v) is 6.24. The van der Waals surface area contributed by atoms with Crippen LogP contribution in [0.15, 0.2) is 0 Å². The molecule has 0 aliphatic heterocycles. The largest absolute Gasteiger partial charge is 0.304 e. The van der Waals surface area contributed by atoms with E-state index in [4.69, 9.17) is 12.2 Å².